The fourth-order valence-corrected chi connectivity index (χ4v) is 3.12. The molecule has 0 aliphatic rings. The van der Waals surface area contributed by atoms with Gasteiger partial charge < -0.3 is 10.3 Å². The van der Waals surface area contributed by atoms with E-state index < -0.39 is 0 Å². The Hall–Kier alpha value is -2.13. The molecule has 0 spiro atoms. The van der Waals surface area contributed by atoms with Crippen LogP contribution in [0, 0.1) is 5.41 Å². The highest BCUT2D eigenvalue weighted by atomic mass is 15.0. The molecule has 1 aromatic carbocycles. The van der Waals surface area contributed by atoms with Gasteiger partial charge in [0, 0.05) is 48.1 Å². The third-order valence-corrected chi connectivity index (χ3v) is 4.05. The third kappa shape index (κ3) is 3.45. The minimum absolute atomic E-state index is 0.256. The van der Waals surface area contributed by atoms with E-state index in [1.807, 2.05) is 18.5 Å². The summed E-state index contributed by atoms with van der Waals surface area (Å²) < 4.78 is 2.28. The van der Waals surface area contributed by atoms with Gasteiger partial charge in [0.1, 0.15) is 0 Å². The molecule has 0 saturated heterocycles. The molecule has 0 aliphatic carbocycles. The molecule has 0 radical (unpaired) electrons. The van der Waals surface area contributed by atoms with Crippen LogP contribution in [-0.2, 0) is 13.0 Å². The third-order valence-electron chi connectivity index (χ3n) is 4.05. The summed E-state index contributed by atoms with van der Waals surface area (Å²) in [6, 6.07) is 10.8. The summed E-state index contributed by atoms with van der Waals surface area (Å²) in [5.41, 5.74) is 11.1. The highest BCUT2D eigenvalue weighted by Crippen LogP contribution is 2.31. The van der Waals surface area contributed by atoms with Crippen molar-refractivity contribution in [3.63, 3.8) is 0 Å². The van der Waals surface area contributed by atoms with Crippen LogP contribution in [0.2, 0.25) is 0 Å². The fraction of sp³-hybridized carbons (Fsp3) is 0.350. The van der Waals surface area contributed by atoms with Gasteiger partial charge in [-0.15, -0.1) is 0 Å². The number of nitrogens with two attached hydrogens (primary N) is 1. The van der Waals surface area contributed by atoms with E-state index in [9.17, 15) is 0 Å². The summed E-state index contributed by atoms with van der Waals surface area (Å²) in [6.45, 7) is 8.36. The number of pyridine rings is 1. The van der Waals surface area contributed by atoms with Gasteiger partial charge in [-0.3, -0.25) is 4.98 Å². The summed E-state index contributed by atoms with van der Waals surface area (Å²) in [6.07, 6.45) is 7.06. The number of rotatable bonds is 4. The second kappa shape index (κ2) is 6.17. The minimum Gasteiger partial charge on any atom is -0.346 e. The molecular weight excluding hydrogens is 282 g/mol. The molecule has 3 aromatic rings. The quantitative estimate of drug-likeness (QED) is 0.783. The van der Waals surface area contributed by atoms with Gasteiger partial charge in [0.05, 0.1) is 0 Å². The van der Waals surface area contributed by atoms with Crippen molar-refractivity contribution in [2.75, 3.05) is 6.54 Å². The van der Waals surface area contributed by atoms with Crippen LogP contribution in [0.4, 0.5) is 0 Å². The lowest BCUT2D eigenvalue weighted by molar-refractivity contribution is 0.412. The van der Waals surface area contributed by atoms with E-state index in [2.05, 4.69) is 60.8 Å². The minimum atomic E-state index is 0.256. The first-order valence-corrected chi connectivity index (χ1v) is 8.20. The van der Waals surface area contributed by atoms with Crippen molar-refractivity contribution >= 4 is 10.9 Å². The molecule has 0 saturated carbocycles. The first-order chi connectivity index (χ1) is 11.0. The van der Waals surface area contributed by atoms with E-state index in [0.717, 1.165) is 18.5 Å². The van der Waals surface area contributed by atoms with Crippen molar-refractivity contribution in [2.24, 2.45) is 11.1 Å². The number of aromatic nitrogens is 2. The Morgan fingerprint density at radius 3 is 2.61 bits per heavy atom. The van der Waals surface area contributed by atoms with Crippen molar-refractivity contribution in [3.05, 3.63) is 54.5 Å². The number of benzene rings is 1. The largest absolute Gasteiger partial charge is 0.346 e. The van der Waals surface area contributed by atoms with E-state index in [0.29, 0.717) is 6.54 Å². The van der Waals surface area contributed by atoms with Crippen LogP contribution in [0.25, 0.3) is 22.0 Å². The zero-order valence-electron chi connectivity index (χ0n) is 14.2. The Morgan fingerprint density at radius 2 is 1.96 bits per heavy atom. The SMILES string of the molecule is CC(C)(C)Cc1cn(CCN)c2ccc(-c3cccnc3)cc12. The molecule has 23 heavy (non-hydrogen) atoms. The van der Waals surface area contributed by atoms with E-state index in [1.54, 1.807) is 0 Å². The Morgan fingerprint density at radius 1 is 1.13 bits per heavy atom. The predicted octanol–water partition coefficient (Wildman–Crippen LogP) is 4.25. The van der Waals surface area contributed by atoms with Crippen LogP contribution in [-0.4, -0.2) is 16.1 Å². The summed E-state index contributed by atoms with van der Waals surface area (Å²) in [4.78, 5) is 4.24. The second-order valence-electron chi connectivity index (χ2n) is 7.35. The van der Waals surface area contributed by atoms with E-state index >= 15 is 0 Å². The van der Waals surface area contributed by atoms with Crippen LogP contribution >= 0.6 is 0 Å². The maximum Gasteiger partial charge on any atom is 0.0484 e. The average Bonchev–Trinajstić information content (AvgIpc) is 2.84. The highest BCUT2D eigenvalue weighted by molar-refractivity contribution is 5.88. The summed E-state index contributed by atoms with van der Waals surface area (Å²) in [7, 11) is 0. The summed E-state index contributed by atoms with van der Waals surface area (Å²) >= 11 is 0. The van der Waals surface area contributed by atoms with E-state index in [-0.39, 0.29) is 5.41 Å². The lowest BCUT2D eigenvalue weighted by atomic mass is 9.88. The highest BCUT2D eigenvalue weighted by Gasteiger charge is 2.16. The molecule has 0 bridgehead atoms. The summed E-state index contributed by atoms with van der Waals surface area (Å²) in [5.74, 6) is 0. The maximum atomic E-state index is 5.78. The second-order valence-corrected chi connectivity index (χ2v) is 7.35. The zero-order chi connectivity index (χ0) is 16.4. The smallest absolute Gasteiger partial charge is 0.0484 e. The van der Waals surface area contributed by atoms with E-state index in [4.69, 9.17) is 5.73 Å². The topological polar surface area (TPSA) is 43.8 Å². The molecular formula is C20H25N3. The molecule has 0 amide bonds. The lowest BCUT2D eigenvalue weighted by Gasteiger charge is -2.17. The van der Waals surface area contributed by atoms with E-state index in [1.165, 1.54) is 22.0 Å². The van der Waals surface area contributed by atoms with Gasteiger partial charge in [0.25, 0.3) is 0 Å². The number of fused-ring (bicyclic) bond motifs is 1. The number of hydrogen-bond acceptors (Lipinski definition) is 2. The lowest BCUT2D eigenvalue weighted by Crippen LogP contribution is -2.10. The van der Waals surface area contributed by atoms with Crippen LogP contribution < -0.4 is 5.73 Å². The Kier molecular flexibility index (Phi) is 4.22. The molecule has 0 atom stereocenters. The van der Waals surface area contributed by atoms with Crippen molar-refractivity contribution in [1.82, 2.24) is 9.55 Å². The van der Waals surface area contributed by atoms with Gasteiger partial charge in [0.15, 0.2) is 0 Å². The average molecular weight is 307 g/mol. The molecule has 2 N–H and O–H groups in total. The van der Waals surface area contributed by atoms with Crippen molar-refractivity contribution in [1.29, 1.82) is 0 Å². The molecule has 3 nitrogen and oxygen atoms in total. The Labute approximate surface area is 138 Å². The van der Waals surface area contributed by atoms with Crippen LogP contribution in [0.3, 0.4) is 0 Å². The number of nitrogens with zero attached hydrogens (tertiary/aromatic N) is 2. The van der Waals surface area contributed by atoms with Gasteiger partial charge in [-0.25, -0.2) is 0 Å². The summed E-state index contributed by atoms with van der Waals surface area (Å²) in [5, 5.41) is 1.33. The predicted molar refractivity (Wildman–Crippen MR) is 97.4 cm³/mol. The molecule has 3 heteroatoms. The molecule has 2 aromatic heterocycles. The first kappa shape index (κ1) is 15.8. The Balaban J connectivity index is 2.13. The van der Waals surface area contributed by atoms with Crippen LogP contribution in [0.5, 0.6) is 0 Å². The monoisotopic (exact) mass is 307 g/mol. The molecule has 2 heterocycles. The molecule has 0 aliphatic heterocycles. The zero-order valence-corrected chi connectivity index (χ0v) is 14.2. The van der Waals surface area contributed by atoms with Gasteiger partial charge in [-0.1, -0.05) is 32.9 Å². The molecule has 120 valence electrons. The molecule has 3 rings (SSSR count). The Bertz CT molecular complexity index is 795. The first-order valence-electron chi connectivity index (χ1n) is 8.20. The molecule has 0 fully saturated rings. The van der Waals surface area contributed by atoms with Crippen molar-refractivity contribution < 1.29 is 0 Å². The maximum absolute atomic E-state index is 5.78. The normalized spacial score (nSPS) is 12.0. The standard InChI is InChI=1S/C20H25N3/c1-20(2,3)12-17-14-23(10-8-21)19-7-6-15(11-18(17)19)16-5-4-9-22-13-16/h4-7,9,11,13-14H,8,10,12,21H2,1-3H3. The number of hydrogen-bond donors (Lipinski definition) is 1. The molecule has 0 unspecified atom stereocenters. The van der Waals surface area contributed by atoms with Crippen LogP contribution in [0.1, 0.15) is 26.3 Å². The van der Waals surface area contributed by atoms with Gasteiger partial charge >= 0.3 is 0 Å². The van der Waals surface area contributed by atoms with Gasteiger partial charge in [-0.05, 0) is 41.2 Å². The van der Waals surface area contributed by atoms with Gasteiger partial charge in [0.2, 0.25) is 0 Å². The van der Waals surface area contributed by atoms with Crippen molar-refractivity contribution in [3.8, 4) is 11.1 Å². The van der Waals surface area contributed by atoms with Crippen LogP contribution in [0.15, 0.2) is 48.9 Å². The van der Waals surface area contributed by atoms with Gasteiger partial charge in [-0.2, -0.15) is 0 Å². The van der Waals surface area contributed by atoms with Crippen molar-refractivity contribution in [2.45, 2.75) is 33.7 Å². The fourth-order valence-electron chi connectivity index (χ4n) is 3.12.